The quantitative estimate of drug-likeness (QED) is 0.881. The number of nitrogens with zero attached hydrogens (tertiary/aromatic N) is 1. The summed E-state index contributed by atoms with van der Waals surface area (Å²) in [7, 11) is 0. The SMILES string of the molecule is Cc1cc(Br)cc2cc(C(=O)N3CCOCC3C(=O)O)oc12. The Labute approximate surface area is 134 Å². The molecule has 22 heavy (non-hydrogen) atoms. The third kappa shape index (κ3) is 2.62. The number of ether oxygens (including phenoxy) is 1. The van der Waals surface area contributed by atoms with Gasteiger partial charge in [-0.05, 0) is 30.7 Å². The summed E-state index contributed by atoms with van der Waals surface area (Å²) < 4.78 is 11.7. The maximum atomic E-state index is 12.6. The predicted molar refractivity (Wildman–Crippen MR) is 81.9 cm³/mol. The van der Waals surface area contributed by atoms with E-state index < -0.39 is 17.9 Å². The lowest BCUT2D eigenvalue weighted by Gasteiger charge is -2.32. The van der Waals surface area contributed by atoms with E-state index in [9.17, 15) is 14.7 Å². The highest BCUT2D eigenvalue weighted by molar-refractivity contribution is 9.10. The van der Waals surface area contributed by atoms with Crippen LogP contribution in [-0.4, -0.2) is 47.7 Å². The minimum absolute atomic E-state index is 0.00806. The Morgan fingerprint density at radius 2 is 2.14 bits per heavy atom. The molecule has 116 valence electrons. The molecule has 0 aliphatic carbocycles. The number of benzene rings is 1. The number of carboxylic acid groups (broad SMARTS) is 1. The van der Waals surface area contributed by atoms with Gasteiger partial charge in [0.05, 0.1) is 13.2 Å². The van der Waals surface area contributed by atoms with Crippen LogP contribution in [0.15, 0.2) is 27.1 Å². The number of furan rings is 1. The Morgan fingerprint density at radius 1 is 1.36 bits per heavy atom. The summed E-state index contributed by atoms with van der Waals surface area (Å²) in [4.78, 5) is 25.1. The third-order valence-electron chi connectivity index (χ3n) is 3.65. The van der Waals surface area contributed by atoms with Crippen LogP contribution >= 0.6 is 15.9 Å². The lowest BCUT2D eigenvalue weighted by Crippen LogP contribution is -2.52. The molecule has 0 radical (unpaired) electrons. The zero-order valence-electron chi connectivity index (χ0n) is 11.8. The van der Waals surface area contributed by atoms with Crippen molar-refractivity contribution in [1.82, 2.24) is 4.90 Å². The van der Waals surface area contributed by atoms with Gasteiger partial charge < -0.3 is 19.2 Å². The smallest absolute Gasteiger partial charge is 0.328 e. The van der Waals surface area contributed by atoms with Gasteiger partial charge in [-0.2, -0.15) is 0 Å². The van der Waals surface area contributed by atoms with E-state index in [1.54, 1.807) is 6.07 Å². The molecule has 1 saturated heterocycles. The number of morpholine rings is 1. The van der Waals surface area contributed by atoms with Gasteiger partial charge in [-0.25, -0.2) is 4.79 Å². The van der Waals surface area contributed by atoms with Gasteiger partial charge in [0.2, 0.25) is 0 Å². The highest BCUT2D eigenvalue weighted by Crippen LogP contribution is 2.28. The van der Waals surface area contributed by atoms with Gasteiger partial charge in [-0.3, -0.25) is 4.79 Å². The molecule has 1 amide bonds. The summed E-state index contributed by atoms with van der Waals surface area (Å²) in [6.07, 6.45) is 0. The average Bonchev–Trinajstić information content (AvgIpc) is 2.90. The van der Waals surface area contributed by atoms with Crippen molar-refractivity contribution < 1.29 is 23.8 Å². The lowest BCUT2D eigenvalue weighted by molar-refractivity contribution is -0.147. The number of carbonyl (C=O) groups is 2. The Kier molecular flexibility index (Phi) is 3.92. The van der Waals surface area contributed by atoms with Crippen molar-refractivity contribution in [1.29, 1.82) is 0 Å². The molecule has 1 aromatic carbocycles. The summed E-state index contributed by atoms with van der Waals surface area (Å²) in [5.41, 5.74) is 1.53. The van der Waals surface area contributed by atoms with E-state index >= 15 is 0 Å². The molecule has 6 nitrogen and oxygen atoms in total. The molecule has 0 spiro atoms. The topological polar surface area (TPSA) is 80.0 Å². The van der Waals surface area contributed by atoms with Crippen LogP contribution in [0.25, 0.3) is 11.0 Å². The standard InChI is InChI=1S/C15H14BrNO5/c1-8-4-10(16)5-9-6-12(22-13(8)9)14(18)17-2-3-21-7-11(17)15(19)20/h4-6,11H,2-3,7H2,1H3,(H,19,20). The molecule has 0 bridgehead atoms. The number of rotatable bonds is 2. The minimum atomic E-state index is -1.08. The number of fused-ring (bicyclic) bond motifs is 1. The zero-order valence-corrected chi connectivity index (χ0v) is 13.4. The second kappa shape index (κ2) is 5.73. The molecule has 1 aromatic heterocycles. The molecule has 2 heterocycles. The van der Waals surface area contributed by atoms with Crippen molar-refractivity contribution in [2.24, 2.45) is 0 Å². The molecule has 1 aliphatic heterocycles. The molecule has 1 atom stereocenters. The number of amides is 1. The molecular formula is C15H14BrNO5. The van der Waals surface area contributed by atoms with E-state index in [4.69, 9.17) is 9.15 Å². The van der Waals surface area contributed by atoms with Crippen LogP contribution in [0.5, 0.6) is 0 Å². The maximum Gasteiger partial charge on any atom is 0.328 e. The van der Waals surface area contributed by atoms with Crippen LogP contribution in [0.3, 0.4) is 0 Å². The van der Waals surface area contributed by atoms with Gasteiger partial charge in [0, 0.05) is 16.4 Å². The number of halogens is 1. The number of hydrogen-bond donors (Lipinski definition) is 1. The molecule has 1 fully saturated rings. The molecule has 3 rings (SSSR count). The van der Waals surface area contributed by atoms with E-state index in [1.165, 1.54) is 4.90 Å². The Morgan fingerprint density at radius 3 is 2.86 bits per heavy atom. The largest absolute Gasteiger partial charge is 0.480 e. The Bertz CT molecular complexity index is 754. The maximum absolute atomic E-state index is 12.6. The summed E-state index contributed by atoms with van der Waals surface area (Å²) in [5, 5.41) is 10.0. The average molecular weight is 368 g/mol. The minimum Gasteiger partial charge on any atom is -0.480 e. The van der Waals surface area contributed by atoms with Gasteiger partial charge >= 0.3 is 5.97 Å². The first kappa shape index (κ1) is 15.1. The van der Waals surface area contributed by atoms with Gasteiger partial charge in [0.15, 0.2) is 11.8 Å². The van der Waals surface area contributed by atoms with E-state index in [1.807, 2.05) is 19.1 Å². The van der Waals surface area contributed by atoms with Crippen LogP contribution in [0.2, 0.25) is 0 Å². The van der Waals surface area contributed by atoms with Crippen LogP contribution < -0.4 is 0 Å². The first-order chi connectivity index (χ1) is 10.5. The van der Waals surface area contributed by atoms with Crippen molar-refractivity contribution in [2.75, 3.05) is 19.8 Å². The number of aryl methyl sites for hydroxylation is 1. The van der Waals surface area contributed by atoms with Crippen LogP contribution in [-0.2, 0) is 9.53 Å². The van der Waals surface area contributed by atoms with E-state index in [0.29, 0.717) is 12.2 Å². The number of aliphatic carboxylic acids is 1. The lowest BCUT2D eigenvalue weighted by atomic mass is 10.1. The van der Waals surface area contributed by atoms with Crippen molar-refractivity contribution in [3.05, 3.63) is 34.0 Å². The number of hydrogen-bond acceptors (Lipinski definition) is 4. The van der Waals surface area contributed by atoms with E-state index in [0.717, 1.165) is 15.4 Å². The molecule has 1 aliphatic rings. The molecule has 1 N–H and O–H groups in total. The second-order valence-corrected chi connectivity index (χ2v) is 6.09. The van der Waals surface area contributed by atoms with Crippen LogP contribution in [0, 0.1) is 6.92 Å². The fourth-order valence-corrected chi connectivity index (χ4v) is 3.17. The third-order valence-corrected chi connectivity index (χ3v) is 4.11. The zero-order chi connectivity index (χ0) is 15.9. The van der Waals surface area contributed by atoms with Gasteiger partial charge in [-0.15, -0.1) is 0 Å². The number of carboxylic acids is 1. The van der Waals surface area contributed by atoms with Crippen LogP contribution in [0.1, 0.15) is 16.1 Å². The van der Waals surface area contributed by atoms with Crippen molar-refractivity contribution in [3.63, 3.8) is 0 Å². The predicted octanol–water partition coefficient (Wildman–Crippen LogP) is 2.43. The second-order valence-electron chi connectivity index (χ2n) is 5.18. The number of carbonyl (C=O) groups excluding carboxylic acids is 1. The van der Waals surface area contributed by atoms with E-state index in [-0.39, 0.29) is 18.9 Å². The molecule has 0 saturated carbocycles. The first-order valence-electron chi connectivity index (χ1n) is 6.78. The monoisotopic (exact) mass is 367 g/mol. The fourth-order valence-electron chi connectivity index (χ4n) is 2.58. The fraction of sp³-hybridized carbons (Fsp3) is 0.333. The van der Waals surface area contributed by atoms with Gasteiger partial charge in [-0.1, -0.05) is 15.9 Å². The van der Waals surface area contributed by atoms with Crippen molar-refractivity contribution in [2.45, 2.75) is 13.0 Å². The summed E-state index contributed by atoms with van der Waals surface area (Å²) in [6.45, 7) is 2.43. The summed E-state index contributed by atoms with van der Waals surface area (Å²) in [6, 6.07) is 4.41. The molecular weight excluding hydrogens is 354 g/mol. The Hall–Kier alpha value is -1.86. The molecule has 1 unspecified atom stereocenters. The normalized spacial score (nSPS) is 18.6. The van der Waals surface area contributed by atoms with Gasteiger partial charge in [0.25, 0.3) is 5.91 Å². The first-order valence-corrected chi connectivity index (χ1v) is 7.58. The van der Waals surface area contributed by atoms with Gasteiger partial charge in [0.1, 0.15) is 5.58 Å². The van der Waals surface area contributed by atoms with Crippen molar-refractivity contribution >= 4 is 38.8 Å². The highest BCUT2D eigenvalue weighted by atomic mass is 79.9. The molecule has 7 heteroatoms. The van der Waals surface area contributed by atoms with Crippen LogP contribution in [0.4, 0.5) is 0 Å². The summed E-state index contributed by atoms with van der Waals surface area (Å²) >= 11 is 3.40. The summed E-state index contributed by atoms with van der Waals surface area (Å²) in [5.74, 6) is -1.37. The molecule has 2 aromatic rings. The van der Waals surface area contributed by atoms with E-state index in [2.05, 4.69) is 15.9 Å². The van der Waals surface area contributed by atoms with Crippen molar-refractivity contribution in [3.8, 4) is 0 Å². The Balaban J connectivity index is 1.97. The highest BCUT2D eigenvalue weighted by Gasteiger charge is 2.34.